The van der Waals surface area contributed by atoms with Crippen LogP contribution in [0.2, 0.25) is 5.02 Å². The summed E-state index contributed by atoms with van der Waals surface area (Å²) in [5.41, 5.74) is 0.357. The van der Waals surface area contributed by atoms with Crippen molar-refractivity contribution in [3.05, 3.63) is 75.3 Å². The van der Waals surface area contributed by atoms with Crippen LogP contribution in [0.25, 0.3) is 10.9 Å². The van der Waals surface area contributed by atoms with Crippen molar-refractivity contribution in [2.75, 3.05) is 5.32 Å². The van der Waals surface area contributed by atoms with Gasteiger partial charge in [0.15, 0.2) is 0 Å². The van der Waals surface area contributed by atoms with Gasteiger partial charge in [0.2, 0.25) is 5.43 Å². The maximum atomic E-state index is 13.3. The van der Waals surface area contributed by atoms with E-state index in [0.717, 1.165) is 6.07 Å². The lowest BCUT2D eigenvalue weighted by molar-refractivity contribution is 0.102. The van der Waals surface area contributed by atoms with E-state index < -0.39 is 17.2 Å². The first-order valence-electron chi connectivity index (χ1n) is 6.42. The summed E-state index contributed by atoms with van der Waals surface area (Å²) in [5, 5.41) is 3.26. The van der Waals surface area contributed by atoms with Crippen molar-refractivity contribution < 1.29 is 9.18 Å². The number of aromatic nitrogens is 1. The summed E-state index contributed by atoms with van der Waals surface area (Å²) >= 11 is 5.77. The summed E-state index contributed by atoms with van der Waals surface area (Å²) in [6, 6.07) is 10.3. The van der Waals surface area contributed by atoms with E-state index in [-0.39, 0.29) is 10.9 Å². The number of benzene rings is 2. The average molecular weight is 317 g/mol. The van der Waals surface area contributed by atoms with Crippen LogP contribution >= 0.6 is 11.6 Å². The molecule has 6 heteroatoms. The Hall–Kier alpha value is -2.66. The molecule has 3 rings (SSSR count). The third kappa shape index (κ3) is 2.71. The summed E-state index contributed by atoms with van der Waals surface area (Å²) in [6.45, 7) is 0. The fourth-order valence-electron chi connectivity index (χ4n) is 2.09. The number of aromatic amines is 1. The Morgan fingerprint density at radius 3 is 2.59 bits per heavy atom. The highest BCUT2D eigenvalue weighted by molar-refractivity contribution is 6.30. The van der Waals surface area contributed by atoms with Gasteiger partial charge >= 0.3 is 0 Å². The molecule has 3 aromatic rings. The number of hydrogen-bond donors (Lipinski definition) is 2. The molecule has 0 atom stereocenters. The van der Waals surface area contributed by atoms with E-state index in [1.807, 2.05) is 0 Å². The number of halogens is 2. The number of nitrogens with one attached hydrogen (secondary N) is 2. The second-order valence-electron chi connectivity index (χ2n) is 4.68. The Bertz CT molecular complexity index is 920. The van der Waals surface area contributed by atoms with Gasteiger partial charge in [0.05, 0.1) is 0 Å². The molecule has 0 bridgehead atoms. The van der Waals surface area contributed by atoms with Crippen LogP contribution in [-0.2, 0) is 0 Å². The van der Waals surface area contributed by atoms with Crippen LogP contribution in [-0.4, -0.2) is 10.9 Å². The lowest BCUT2D eigenvalue weighted by Crippen LogP contribution is -2.22. The first-order chi connectivity index (χ1) is 10.5. The molecule has 0 saturated heterocycles. The van der Waals surface area contributed by atoms with Crippen LogP contribution in [0, 0.1) is 5.82 Å². The zero-order chi connectivity index (χ0) is 15.7. The fourth-order valence-corrected chi connectivity index (χ4v) is 2.22. The molecular weight excluding hydrogens is 307 g/mol. The van der Waals surface area contributed by atoms with Crippen LogP contribution in [0.4, 0.5) is 10.1 Å². The number of amides is 1. The van der Waals surface area contributed by atoms with E-state index in [1.54, 1.807) is 24.3 Å². The number of fused-ring (bicyclic) bond motifs is 1. The Kier molecular flexibility index (Phi) is 3.65. The standard InChI is InChI=1S/C16H10ClFN2O2/c17-9-1-4-11(5-2-9)20-16(22)13-8-19-14-6-3-10(18)7-12(14)15(13)21/h1-8H,(H,19,21)(H,20,22). The number of pyridine rings is 1. The summed E-state index contributed by atoms with van der Waals surface area (Å²) in [5.74, 6) is -1.11. The van der Waals surface area contributed by atoms with Gasteiger partial charge in [0, 0.05) is 27.8 Å². The molecule has 0 saturated carbocycles. The van der Waals surface area contributed by atoms with Crippen molar-refractivity contribution in [1.82, 2.24) is 4.98 Å². The number of H-pyrrole nitrogens is 1. The van der Waals surface area contributed by atoms with Gasteiger partial charge in [-0.2, -0.15) is 0 Å². The first-order valence-corrected chi connectivity index (χ1v) is 6.80. The van der Waals surface area contributed by atoms with E-state index in [1.165, 1.54) is 18.3 Å². The average Bonchev–Trinajstić information content (AvgIpc) is 2.50. The molecule has 110 valence electrons. The zero-order valence-electron chi connectivity index (χ0n) is 11.2. The van der Waals surface area contributed by atoms with E-state index in [2.05, 4.69) is 10.3 Å². The summed E-state index contributed by atoms with van der Waals surface area (Å²) in [4.78, 5) is 27.3. The van der Waals surface area contributed by atoms with Crippen molar-refractivity contribution in [2.24, 2.45) is 0 Å². The van der Waals surface area contributed by atoms with E-state index >= 15 is 0 Å². The molecule has 0 aliphatic rings. The molecule has 2 aromatic carbocycles. The summed E-state index contributed by atoms with van der Waals surface area (Å²) < 4.78 is 13.3. The second-order valence-corrected chi connectivity index (χ2v) is 5.12. The minimum Gasteiger partial charge on any atom is -0.360 e. The molecule has 0 unspecified atom stereocenters. The lowest BCUT2D eigenvalue weighted by Gasteiger charge is -2.06. The van der Waals surface area contributed by atoms with Gasteiger partial charge in [-0.1, -0.05) is 11.6 Å². The van der Waals surface area contributed by atoms with Crippen molar-refractivity contribution in [3.8, 4) is 0 Å². The monoisotopic (exact) mass is 316 g/mol. The number of carbonyl (C=O) groups is 1. The molecule has 0 aliphatic carbocycles. The number of anilines is 1. The topological polar surface area (TPSA) is 62.0 Å². The molecule has 1 aromatic heterocycles. The maximum Gasteiger partial charge on any atom is 0.261 e. The highest BCUT2D eigenvalue weighted by Crippen LogP contribution is 2.15. The molecular formula is C16H10ClFN2O2. The SMILES string of the molecule is O=C(Nc1ccc(Cl)cc1)c1c[nH]c2ccc(F)cc2c1=O. The number of hydrogen-bond acceptors (Lipinski definition) is 2. The molecule has 1 heterocycles. The molecule has 4 nitrogen and oxygen atoms in total. The van der Waals surface area contributed by atoms with Crippen molar-refractivity contribution in [3.63, 3.8) is 0 Å². The van der Waals surface area contributed by atoms with Gasteiger partial charge in [-0.25, -0.2) is 4.39 Å². The van der Waals surface area contributed by atoms with Gasteiger partial charge < -0.3 is 10.3 Å². The first kappa shape index (κ1) is 14.3. The van der Waals surface area contributed by atoms with Crippen LogP contribution < -0.4 is 10.7 Å². The van der Waals surface area contributed by atoms with Gasteiger partial charge in [-0.15, -0.1) is 0 Å². The fraction of sp³-hybridized carbons (Fsp3) is 0. The van der Waals surface area contributed by atoms with E-state index in [9.17, 15) is 14.0 Å². The quantitative estimate of drug-likeness (QED) is 0.759. The highest BCUT2D eigenvalue weighted by atomic mass is 35.5. The van der Waals surface area contributed by atoms with E-state index in [4.69, 9.17) is 11.6 Å². The van der Waals surface area contributed by atoms with Crippen LogP contribution in [0.15, 0.2) is 53.5 Å². The van der Waals surface area contributed by atoms with Crippen molar-refractivity contribution in [1.29, 1.82) is 0 Å². The van der Waals surface area contributed by atoms with E-state index in [0.29, 0.717) is 16.2 Å². The van der Waals surface area contributed by atoms with Crippen LogP contribution in [0.3, 0.4) is 0 Å². The Morgan fingerprint density at radius 1 is 1.14 bits per heavy atom. The molecule has 0 spiro atoms. The summed E-state index contributed by atoms with van der Waals surface area (Å²) in [7, 11) is 0. The van der Waals surface area contributed by atoms with Crippen molar-refractivity contribution in [2.45, 2.75) is 0 Å². The van der Waals surface area contributed by atoms with Gasteiger partial charge in [-0.3, -0.25) is 9.59 Å². The number of carbonyl (C=O) groups excluding carboxylic acids is 1. The summed E-state index contributed by atoms with van der Waals surface area (Å²) in [6.07, 6.45) is 1.31. The molecule has 2 N–H and O–H groups in total. The van der Waals surface area contributed by atoms with Crippen LogP contribution in [0.1, 0.15) is 10.4 Å². The molecule has 0 aliphatic heterocycles. The third-order valence-corrected chi connectivity index (χ3v) is 3.44. The largest absolute Gasteiger partial charge is 0.360 e. The highest BCUT2D eigenvalue weighted by Gasteiger charge is 2.13. The van der Waals surface area contributed by atoms with Gasteiger partial charge in [0.1, 0.15) is 11.4 Å². The van der Waals surface area contributed by atoms with Crippen molar-refractivity contribution >= 4 is 34.1 Å². The normalized spacial score (nSPS) is 10.6. The molecule has 1 amide bonds. The van der Waals surface area contributed by atoms with Crippen LogP contribution in [0.5, 0.6) is 0 Å². The van der Waals surface area contributed by atoms with Gasteiger partial charge in [-0.05, 0) is 42.5 Å². The van der Waals surface area contributed by atoms with Gasteiger partial charge in [0.25, 0.3) is 5.91 Å². The minimum absolute atomic E-state index is 0.0898. The Labute approximate surface area is 129 Å². The number of rotatable bonds is 2. The minimum atomic E-state index is -0.574. The third-order valence-electron chi connectivity index (χ3n) is 3.19. The zero-order valence-corrected chi connectivity index (χ0v) is 11.9. The molecule has 0 radical (unpaired) electrons. The predicted molar refractivity (Wildman–Crippen MR) is 83.9 cm³/mol. The maximum absolute atomic E-state index is 13.3. The smallest absolute Gasteiger partial charge is 0.261 e. The molecule has 0 fully saturated rings. The Morgan fingerprint density at radius 2 is 1.86 bits per heavy atom. The second kappa shape index (κ2) is 5.61. The lowest BCUT2D eigenvalue weighted by atomic mass is 10.1. The predicted octanol–water partition coefficient (Wildman–Crippen LogP) is 3.57. The Balaban J connectivity index is 1.99. The molecule has 22 heavy (non-hydrogen) atoms.